The maximum absolute atomic E-state index is 13.1. The number of imidazole rings is 1. The molecule has 13 heteroatoms. The second-order valence-corrected chi connectivity index (χ2v) is 9.60. The zero-order chi connectivity index (χ0) is 28.0. The van der Waals surface area contributed by atoms with E-state index in [2.05, 4.69) is 26.4 Å². The lowest BCUT2D eigenvalue weighted by Crippen LogP contribution is -2.50. The first-order valence-corrected chi connectivity index (χ1v) is 13.0. The van der Waals surface area contributed by atoms with Crippen LogP contribution in [0.5, 0.6) is 5.75 Å². The molecule has 1 saturated heterocycles. The summed E-state index contributed by atoms with van der Waals surface area (Å²) in [6, 6.07) is 3.88. The fourth-order valence-corrected chi connectivity index (χ4v) is 5.25. The van der Waals surface area contributed by atoms with Gasteiger partial charge in [-0.1, -0.05) is 13.5 Å². The van der Waals surface area contributed by atoms with Gasteiger partial charge in [-0.2, -0.15) is 9.67 Å². The second-order valence-electron chi connectivity index (χ2n) is 9.60. The Morgan fingerprint density at radius 2 is 2.00 bits per heavy atom. The third kappa shape index (κ3) is 4.06. The molecule has 0 radical (unpaired) electrons. The highest BCUT2D eigenvalue weighted by atomic mass is 16.3. The molecular weight excluding hydrogens is 512 g/mol. The molecular formula is C27H28N10O3. The average Bonchev–Trinajstić information content (AvgIpc) is 3.63. The smallest absolute Gasteiger partial charge is 0.276 e. The first-order chi connectivity index (χ1) is 19.4. The van der Waals surface area contributed by atoms with Crippen LogP contribution in [0.25, 0.3) is 22.6 Å². The Bertz CT molecular complexity index is 1680. The number of anilines is 1. The number of piperazine rings is 1. The molecule has 0 aromatic carbocycles. The number of rotatable bonds is 6. The number of carbonyl (C=O) groups is 2. The SMILES string of the molecule is C=C1C(N2CCN(C(=O)c3ncnc(C)c3O)CC2)=C(CC)N(CC=O)c2nc(-c3ccn4cncc4c3)nn21. The maximum Gasteiger partial charge on any atom is 0.276 e. The van der Waals surface area contributed by atoms with Gasteiger partial charge in [-0.15, -0.1) is 5.10 Å². The molecule has 13 nitrogen and oxygen atoms in total. The van der Waals surface area contributed by atoms with Crippen LogP contribution in [0.2, 0.25) is 0 Å². The topological polar surface area (TPSA) is 138 Å². The van der Waals surface area contributed by atoms with Crippen LogP contribution in [-0.4, -0.2) is 93.9 Å². The fourth-order valence-electron chi connectivity index (χ4n) is 5.25. The third-order valence-electron chi connectivity index (χ3n) is 7.31. The molecule has 0 spiro atoms. The number of allylic oxidation sites excluding steroid dienone is 2. The summed E-state index contributed by atoms with van der Waals surface area (Å²) < 4.78 is 3.59. The molecule has 2 aliphatic rings. The van der Waals surface area contributed by atoms with Crippen molar-refractivity contribution >= 4 is 29.4 Å². The number of aryl methyl sites for hydroxylation is 1. The lowest BCUT2D eigenvalue weighted by atomic mass is 10.1. The van der Waals surface area contributed by atoms with E-state index in [-0.39, 0.29) is 23.9 Å². The van der Waals surface area contributed by atoms with Crippen LogP contribution in [0.15, 0.2) is 55.2 Å². The molecule has 204 valence electrons. The molecule has 40 heavy (non-hydrogen) atoms. The number of carbonyl (C=O) groups excluding carboxylic acids is 2. The first-order valence-electron chi connectivity index (χ1n) is 13.0. The second kappa shape index (κ2) is 9.91. The largest absolute Gasteiger partial charge is 0.504 e. The minimum atomic E-state index is -0.337. The Morgan fingerprint density at radius 3 is 2.75 bits per heavy atom. The average molecular weight is 541 g/mol. The Balaban J connectivity index is 1.29. The molecule has 1 amide bonds. The summed E-state index contributed by atoms with van der Waals surface area (Å²) in [7, 11) is 0. The van der Waals surface area contributed by atoms with Gasteiger partial charge < -0.3 is 29.0 Å². The molecule has 0 bridgehead atoms. The molecule has 0 unspecified atom stereocenters. The number of hydrogen-bond acceptors (Lipinski definition) is 10. The molecule has 2 aliphatic heterocycles. The van der Waals surface area contributed by atoms with Crippen LogP contribution in [0, 0.1) is 6.92 Å². The first kappa shape index (κ1) is 25.2. The van der Waals surface area contributed by atoms with Gasteiger partial charge in [0, 0.05) is 43.6 Å². The van der Waals surface area contributed by atoms with E-state index in [0.717, 1.165) is 28.8 Å². The lowest BCUT2D eigenvalue weighted by Gasteiger charge is -2.42. The minimum Gasteiger partial charge on any atom is -0.504 e. The number of nitrogens with zero attached hydrogens (tertiary/aromatic N) is 10. The summed E-state index contributed by atoms with van der Waals surface area (Å²) in [4.78, 5) is 47.5. The summed E-state index contributed by atoms with van der Waals surface area (Å²) in [6.45, 7) is 10.0. The normalized spacial score (nSPS) is 15.7. The molecule has 6 heterocycles. The third-order valence-corrected chi connectivity index (χ3v) is 7.31. The number of aldehydes is 1. The standard InChI is InChI=1S/C27H28N10O3/c1-4-21-23(33-7-9-34(10-8-33)26(40)22-24(39)17(2)29-15-30-22)18(3)37-27(36(21)11-12-38)31-25(32-37)19-5-6-35-16-28-14-20(35)13-19/h5-6,12-16,39H,3-4,7-11H2,1-2H3. The van der Waals surface area contributed by atoms with Crippen molar-refractivity contribution in [1.29, 1.82) is 0 Å². The number of pyridine rings is 1. The van der Waals surface area contributed by atoms with Gasteiger partial charge in [0.25, 0.3) is 5.91 Å². The van der Waals surface area contributed by atoms with Crippen molar-refractivity contribution in [3.8, 4) is 17.1 Å². The van der Waals surface area contributed by atoms with E-state index in [1.54, 1.807) is 29.0 Å². The van der Waals surface area contributed by atoms with Crippen LogP contribution >= 0.6 is 0 Å². The van der Waals surface area contributed by atoms with E-state index < -0.39 is 0 Å². The van der Waals surface area contributed by atoms with Crippen molar-refractivity contribution in [2.45, 2.75) is 20.3 Å². The van der Waals surface area contributed by atoms with E-state index in [9.17, 15) is 14.7 Å². The summed E-state index contributed by atoms with van der Waals surface area (Å²) >= 11 is 0. The predicted molar refractivity (Wildman–Crippen MR) is 146 cm³/mol. The number of aromatic hydroxyl groups is 1. The van der Waals surface area contributed by atoms with Crippen LogP contribution in [0.1, 0.15) is 29.5 Å². The molecule has 0 saturated carbocycles. The summed E-state index contributed by atoms with van der Waals surface area (Å²) in [6.07, 6.45) is 8.17. The number of aromatic nitrogens is 7. The van der Waals surface area contributed by atoms with Gasteiger partial charge in [-0.3, -0.25) is 4.79 Å². The summed E-state index contributed by atoms with van der Waals surface area (Å²) in [5.41, 5.74) is 4.54. The molecule has 0 atom stereocenters. The molecule has 1 N–H and O–H groups in total. The van der Waals surface area contributed by atoms with Crippen LogP contribution in [-0.2, 0) is 4.79 Å². The van der Waals surface area contributed by atoms with Crippen molar-refractivity contribution in [3.05, 3.63) is 66.5 Å². The van der Waals surface area contributed by atoms with Crippen molar-refractivity contribution in [3.63, 3.8) is 0 Å². The Kier molecular flexibility index (Phi) is 6.25. The minimum absolute atomic E-state index is 0.00236. The van der Waals surface area contributed by atoms with Gasteiger partial charge in [0.1, 0.15) is 12.6 Å². The quantitative estimate of drug-likeness (QED) is 0.361. The van der Waals surface area contributed by atoms with Crippen LogP contribution in [0.3, 0.4) is 0 Å². The summed E-state index contributed by atoms with van der Waals surface area (Å²) in [5.74, 6) is 0.515. The highest BCUT2D eigenvalue weighted by Gasteiger charge is 2.35. The van der Waals surface area contributed by atoms with Gasteiger partial charge in [-0.25, -0.2) is 15.0 Å². The monoisotopic (exact) mass is 540 g/mol. The zero-order valence-corrected chi connectivity index (χ0v) is 22.2. The lowest BCUT2D eigenvalue weighted by molar-refractivity contribution is -0.106. The van der Waals surface area contributed by atoms with Crippen LogP contribution < -0.4 is 4.90 Å². The Morgan fingerprint density at radius 1 is 1.20 bits per heavy atom. The number of fused-ring (bicyclic) bond motifs is 2. The van der Waals surface area contributed by atoms with Gasteiger partial charge in [0.15, 0.2) is 17.3 Å². The predicted octanol–water partition coefficient (Wildman–Crippen LogP) is 1.97. The molecule has 0 aliphatic carbocycles. The van der Waals surface area contributed by atoms with Crippen molar-refractivity contribution in [2.24, 2.45) is 0 Å². The fraction of sp³-hybridized carbons (Fsp3) is 0.296. The van der Waals surface area contributed by atoms with E-state index in [1.807, 2.05) is 34.6 Å². The Labute approximate surface area is 229 Å². The molecule has 4 aromatic heterocycles. The van der Waals surface area contributed by atoms with Crippen LogP contribution in [0.4, 0.5) is 5.95 Å². The van der Waals surface area contributed by atoms with Gasteiger partial charge in [0.2, 0.25) is 5.95 Å². The summed E-state index contributed by atoms with van der Waals surface area (Å²) in [5, 5.41) is 15.1. The molecule has 6 rings (SSSR count). The molecule has 4 aromatic rings. The van der Waals surface area contributed by atoms with E-state index in [0.29, 0.717) is 55.8 Å². The maximum atomic E-state index is 13.1. The van der Waals surface area contributed by atoms with Gasteiger partial charge in [0.05, 0.1) is 41.7 Å². The van der Waals surface area contributed by atoms with E-state index in [1.165, 1.54) is 6.33 Å². The Hall–Kier alpha value is -5.07. The number of hydrogen-bond donors (Lipinski definition) is 1. The van der Waals surface area contributed by atoms with Gasteiger partial charge >= 0.3 is 0 Å². The highest BCUT2D eigenvalue weighted by molar-refractivity contribution is 5.95. The van der Waals surface area contributed by atoms with Crippen molar-refractivity contribution < 1.29 is 14.7 Å². The zero-order valence-electron chi connectivity index (χ0n) is 22.2. The number of amides is 1. The van der Waals surface area contributed by atoms with Crippen molar-refractivity contribution in [1.82, 2.24) is 43.9 Å². The van der Waals surface area contributed by atoms with Crippen molar-refractivity contribution in [2.75, 3.05) is 37.6 Å². The molecule has 1 fully saturated rings. The van der Waals surface area contributed by atoms with E-state index in [4.69, 9.17) is 10.1 Å². The van der Waals surface area contributed by atoms with E-state index >= 15 is 0 Å². The van der Waals surface area contributed by atoms with Gasteiger partial charge in [-0.05, 0) is 25.5 Å². The highest BCUT2D eigenvalue weighted by Crippen LogP contribution is 2.37.